The lowest BCUT2D eigenvalue weighted by Crippen LogP contribution is -2.44. The summed E-state index contributed by atoms with van der Waals surface area (Å²) in [5.41, 5.74) is 2.84. The molecule has 3 aromatic rings. The lowest BCUT2D eigenvalue weighted by Gasteiger charge is -2.29. The summed E-state index contributed by atoms with van der Waals surface area (Å²) in [4.78, 5) is 55.1. The molecule has 0 spiro atoms. The Balaban J connectivity index is 1.19. The number of thiazole rings is 1. The molecule has 1 aliphatic heterocycles. The molecule has 1 unspecified atom stereocenters. The van der Waals surface area contributed by atoms with Crippen molar-refractivity contribution in [3.63, 3.8) is 0 Å². The molecule has 9 heteroatoms. The van der Waals surface area contributed by atoms with Crippen LogP contribution >= 0.6 is 11.3 Å². The highest BCUT2D eigenvalue weighted by atomic mass is 32.1. The van der Waals surface area contributed by atoms with Crippen LogP contribution in [0.3, 0.4) is 0 Å². The van der Waals surface area contributed by atoms with Gasteiger partial charge in [-0.3, -0.25) is 19.2 Å². The Morgan fingerprint density at radius 2 is 1.89 bits per heavy atom. The largest absolute Gasteiger partial charge is 0.324 e. The van der Waals surface area contributed by atoms with E-state index >= 15 is 0 Å². The van der Waals surface area contributed by atoms with E-state index in [1.54, 1.807) is 16.3 Å². The summed E-state index contributed by atoms with van der Waals surface area (Å²) in [7, 11) is 0. The average Bonchev–Trinajstić information content (AvgIpc) is 3.42. The van der Waals surface area contributed by atoms with Crippen LogP contribution in [0.1, 0.15) is 52.2 Å². The minimum Gasteiger partial charge on any atom is -0.324 e. The maximum atomic E-state index is 14.0. The molecule has 1 aromatic heterocycles. The van der Waals surface area contributed by atoms with Gasteiger partial charge in [0.1, 0.15) is 28.2 Å². The third-order valence-electron chi connectivity index (χ3n) is 6.62. The summed E-state index contributed by atoms with van der Waals surface area (Å²) < 4.78 is 27.1. The molecule has 184 valence electrons. The number of carbonyl (C=O) groups excluding carboxylic acids is 4. The van der Waals surface area contributed by atoms with Crippen molar-refractivity contribution >= 4 is 34.6 Å². The quantitative estimate of drug-likeness (QED) is 0.440. The first-order chi connectivity index (χ1) is 17.3. The number of fused-ring (bicyclic) bond motifs is 1. The number of rotatable bonds is 7. The summed E-state index contributed by atoms with van der Waals surface area (Å²) in [5.74, 6) is -1.86. The third-order valence-corrected chi connectivity index (χ3v) is 7.47. The van der Waals surface area contributed by atoms with Crippen LogP contribution in [-0.4, -0.2) is 39.2 Å². The number of benzene rings is 2. The molecule has 2 aromatic carbocycles. The molecule has 2 aliphatic rings. The van der Waals surface area contributed by atoms with Gasteiger partial charge >= 0.3 is 0 Å². The van der Waals surface area contributed by atoms with Crippen LogP contribution in [0.4, 0.5) is 8.78 Å². The molecule has 1 saturated carbocycles. The molecule has 0 radical (unpaired) electrons. The van der Waals surface area contributed by atoms with Gasteiger partial charge in [-0.15, -0.1) is 11.3 Å². The zero-order valence-corrected chi connectivity index (χ0v) is 20.1. The van der Waals surface area contributed by atoms with E-state index in [-0.39, 0.29) is 48.1 Å². The Hall–Kier alpha value is -3.59. The normalized spacial score (nSPS) is 17.6. The van der Waals surface area contributed by atoms with Gasteiger partial charge in [0, 0.05) is 42.0 Å². The number of amides is 1. The van der Waals surface area contributed by atoms with Gasteiger partial charge in [-0.1, -0.05) is 12.1 Å². The molecule has 1 atom stereocenters. The SMILES string of the molecule is O=C1CCC(N2Cc3cc(CCC(=O)Cc4nc(-c5ccc(F)cc5F)cs4)ccc3C2=O)C(=O)C1. The fourth-order valence-corrected chi connectivity index (χ4v) is 5.57. The average molecular weight is 509 g/mol. The minimum atomic E-state index is -0.701. The molecule has 6 nitrogen and oxygen atoms in total. The predicted octanol–water partition coefficient (Wildman–Crippen LogP) is 4.48. The number of carbonyl (C=O) groups is 4. The first-order valence-electron chi connectivity index (χ1n) is 11.7. The maximum Gasteiger partial charge on any atom is 0.255 e. The number of Topliss-reactive ketones (excluding diaryl/α,β-unsaturated/α-hetero) is 3. The van der Waals surface area contributed by atoms with E-state index in [2.05, 4.69) is 4.98 Å². The summed E-state index contributed by atoms with van der Waals surface area (Å²) in [6.45, 7) is 0.322. The Kier molecular flexibility index (Phi) is 6.57. The van der Waals surface area contributed by atoms with Crippen LogP contribution in [-0.2, 0) is 33.8 Å². The predicted molar refractivity (Wildman–Crippen MR) is 128 cm³/mol. The maximum absolute atomic E-state index is 14.0. The summed E-state index contributed by atoms with van der Waals surface area (Å²) >= 11 is 1.25. The molecular formula is C27H22F2N2O4S. The highest BCUT2D eigenvalue weighted by molar-refractivity contribution is 7.10. The van der Waals surface area contributed by atoms with Crippen molar-refractivity contribution in [2.75, 3.05) is 0 Å². The topological polar surface area (TPSA) is 84.4 Å². The molecule has 36 heavy (non-hydrogen) atoms. The molecule has 1 aliphatic carbocycles. The smallest absolute Gasteiger partial charge is 0.255 e. The minimum absolute atomic E-state index is 0.0221. The number of nitrogens with zero attached hydrogens (tertiary/aromatic N) is 2. The number of ketones is 3. The van der Waals surface area contributed by atoms with E-state index in [4.69, 9.17) is 0 Å². The number of aromatic nitrogens is 1. The summed E-state index contributed by atoms with van der Waals surface area (Å²) in [6, 6.07) is 8.20. The number of hydrogen-bond donors (Lipinski definition) is 0. The molecule has 0 N–H and O–H groups in total. The highest BCUT2D eigenvalue weighted by Crippen LogP contribution is 2.30. The van der Waals surface area contributed by atoms with E-state index in [9.17, 15) is 28.0 Å². The second-order valence-electron chi connectivity index (χ2n) is 9.13. The Morgan fingerprint density at radius 1 is 1.08 bits per heavy atom. The zero-order valence-electron chi connectivity index (χ0n) is 19.3. The molecule has 5 rings (SSSR count). The van der Waals surface area contributed by atoms with E-state index < -0.39 is 17.7 Å². The zero-order chi connectivity index (χ0) is 25.4. The first-order valence-corrected chi connectivity index (χ1v) is 12.5. The molecule has 2 heterocycles. The number of hydrogen-bond acceptors (Lipinski definition) is 6. The third kappa shape index (κ3) is 4.88. The fourth-order valence-electron chi connectivity index (χ4n) is 4.75. The van der Waals surface area contributed by atoms with Crippen LogP contribution in [0.25, 0.3) is 11.3 Å². The second-order valence-corrected chi connectivity index (χ2v) is 10.1. The van der Waals surface area contributed by atoms with Gasteiger partial charge in [0.25, 0.3) is 5.91 Å². The van der Waals surface area contributed by atoms with Gasteiger partial charge in [-0.2, -0.15) is 0 Å². The van der Waals surface area contributed by atoms with Gasteiger partial charge in [-0.25, -0.2) is 13.8 Å². The van der Waals surface area contributed by atoms with Crippen LogP contribution < -0.4 is 0 Å². The molecule has 1 fully saturated rings. The van der Waals surface area contributed by atoms with E-state index in [0.717, 1.165) is 17.2 Å². The van der Waals surface area contributed by atoms with Gasteiger partial charge < -0.3 is 4.90 Å². The van der Waals surface area contributed by atoms with Crippen LogP contribution in [0.15, 0.2) is 41.8 Å². The van der Waals surface area contributed by atoms with Crippen LogP contribution in [0.2, 0.25) is 0 Å². The summed E-state index contributed by atoms with van der Waals surface area (Å²) in [5, 5.41) is 2.21. The van der Waals surface area contributed by atoms with Gasteiger partial charge in [0.2, 0.25) is 0 Å². The second kappa shape index (κ2) is 9.81. The molecule has 0 saturated heterocycles. The summed E-state index contributed by atoms with van der Waals surface area (Å²) in [6.07, 6.45) is 1.45. The Labute approximate surface area is 210 Å². The van der Waals surface area contributed by atoms with Gasteiger partial charge in [-0.05, 0) is 42.2 Å². The molecular weight excluding hydrogens is 486 g/mol. The van der Waals surface area contributed by atoms with Crippen molar-refractivity contribution in [1.29, 1.82) is 0 Å². The Bertz CT molecular complexity index is 1400. The van der Waals surface area contributed by atoms with E-state index in [0.29, 0.717) is 42.1 Å². The van der Waals surface area contributed by atoms with Crippen LogP contribution in [0, 0.1) is 11.6 Å². The van der Waals surface area contributed by atoms with E-state index in [1.165, 1.54) is 23.5 Å². The standard InChI is InChI=1S/C27H22F2N2O4S/c28-17-3-7-21(22(29)10-17)23-14-36-26(30-23)12-19(33)4-1-15-2-6-20-16(9-15)13-31(27(20)35)24-8-5-18(32)11-25(24)34/h2-3,6-7,9-10,14,24H,1,4-5,8,11-13H2. The van der Waals surface area contributed by atoms with E-state index in [1.807, 2.05) is 12.1 Å². The monoisotopic (exact) mass is 508 g/mol. The van der Waals surface area contributed by atoms with Crippen molar-refractivity contribution in [1.82, 2.24) is 9.88 Å². The van der Waals surface area contributed by atoms with Crippen molar-refractivity contribution < 1.29 is 28.0 Å². The Morgan fingerprint density at radius 3 is 2.67 bits per heavy atom. The van der Waals surface area contributed by atoms with Gasteiger partial charge in [0.05, 0.1) is 24.6 Å². The van der Waals surface area contributed by atoms with Crippen molar-refractivity contribution in [2.24, 2.45) is 0 Å². The highest BCUT2D eigenvalue weighted by Gasteiger charge is 2.38. The van der Waals surface area contributed by atoms with Crippen molar-refractivity contribution in [3.8, 4) is 11.3 Å². The van der Waals surface area contributed by atoms with Crippen LogP contribution in [0.5, 0.6) is 0 Å². The van der Waals surface area contributed by atoms with Gasteiger partial charge in [0.15, 0.2) is 5.78 Å². The number of aryl methyl sites for hydroxylation is 1. The molecule has 1 amide bonds. The fraction of sp³-hybridized carbons (Fsp3) is 0.296. The lowest BCUT2D eigenvalue weighted by molar-refractivity contribution is -0.133. The van der Waals surface area contributed by atoms with Crippen molar-refractivity contribution in [3.05, 3.63) is 75.1 Å². The van der Waals surface area contributed by atoms with Crippen molar-refractivity contribution in [2.45, 2.75) is 51.1 Å². The number of halogens is 2. The lowest BCUT2D eigenvalue weighted by atomic mass is 9.92. The first kappa shape index (κ1) is 24.1. The molecule has 0 bridgehead atoms.